The molecule has 3 nitrogen and oxygen atoms in total. The van der Waals surface area contributed by atoms with Crippen molar-refractivity contribution in [1.29, 1.82) is 0 Å². The van der Waals surface area contributed by atoms with Crippen LogP contribution in [0.3, 0.4) is 0 Å². The van der Waals surface area contributed by atoms with Gasteiger partial charge in [0.25, 0.3) is 0 Å². The Morgan fingerprint density at radius 3 is 2.62 bits per heavy atom. The highest BCUT2D eigenvalue weighted by Gasteiger charge is 2.09. The Bertz CT molecular complexity index is 743. The van der Waals surface area contributed by atoms with Gasteiger partial charge in [0.15, 0.2) is 28.1 Å². The van der Waals surface area contributed by atoms with Crippen molar-refractivity contribution in [3.05, 3.63) is 65.2 Å². The van der Waals surface area contributed by atoms with E-state index in [4.69, 9.17) is 8.80 Å². The van der Waals surface area contributed by atoms with Crippen LogP contribution in [0.25, 0.3) is 11.1 Å². The molecule has 0 atom stereocenters. The van der Waals surface area contributed by atoms with E-state index in [1.807, 2.05) is 52.7 Å². The van der Waals surface area contributed by atoms with Gasteiger partial charge in [0, 0.05) is 17.4 Å². The number of nitrogen functional groups attached to an aromatic ring is 1. The predicted molar refractivity (Wildman–Crippen MR) is 95.9 cm³/mol. The first kappa shape index (κ1) is 14.3. The lowest BCUT2D eigenvalue weighted by atomic mass is 10.00. The normalized spacial score (nSPS) is 10.5. The van der Waals surface area contributed by atoms with Crippen LogP contribution in [0.15, 0.2) is 53.9 Å². The molecule has 1 aromatic heterocycles. The predicted octanol–water partition coefficient (Wildman–Crippen LogP) is 4.71. The summed E-state index contributed by atoms with van der Waals surface area (Å²) in [5.41, 5.74) is 10.1. The first-order valence-electron chi connectivity index (χ1n) is 6.43. The first-order chi connectivity index (χ1) is 10.3. The summed E-state index contributed by atoms with van der Waals surface area (Å²) in [4.78, 5) is 4.31. The van der Waals surface area contributed by atoms with Gasteiger partial charge in [0.1, 0.15) is 5.75 Å². The number of hydrogen-bond acceptors (Lipinski definition) is 4. The average Bonchev–Trinajstić information content (AvgIpc) is 2.93. The summed E-state index contributed by atoms with van der Waals surface area (Å²) >= 11 is 3.39. The van der Waals surface area contributed by atoms with E-state index in [9.17, 15) is 0 Å². The number of aromatic nitrogens is 1. The molecule has 21 heavy (non-hydrogen) atoms. The van der Waals surface area contributed by atoms with Gasteiger partial charge in [-0.25, -0.2) is 4.98 Å². The van der Waals surface area contributed by atoms with Crippen LogP contribution in [0.4, 0.5) is 5.13 Å². The molecule has 0 bridgehead atoms. The van der Waals surface area contributed by atoms with E-state index in [0.717, 1.165) is 29.0 Å². The fourth-order valence-corrected chi connectivity index (χ4v) is 3.16. The highest BCUT2D eigenvalue weighted by Crippen LogP contribution is 2.32. The molecule has 0 radical (unpaired) electrons. The lowest BCUT2D eigenvalue weighted by Crippen LogP contribution is -1.92. The molecule has 3 rings (SSSR count). The van der Waals surface area contributed by atoms with Crippen LogP contribution in [-0.4, -0.2) is 4.98 Å². The van der Waals surface area contributed by atoms with Crippen molar-refractivity contribution in [2.75, 3.05) is 5.73 Å². The second-order valence-electron chi connectivity index (χ2n) is 4.63. The Kier molecular flexibility index (Phi) is 4.40. The van der Waals surface area contributed by atoms with Gasteiger partial charge in [-0.15, -0.1) is 11.3 Å². The summed E-state index contributed by atoms with van der Waals surface area (Å²) in [5.74, 6) is 0.864. The molecule has 106 valence electrons. The second-order valence-corrected chi connectivity index (χ2v) is 5.96. The van der Waals surface area contributed by atoms with Crippen LogP contribution in [0.2, 0.25) is 0 Å². The summed E-state index contributed by atoms with van der Waals surface area (Å²) in [5, 5.41) is 2.61. The largest absolute Gasteiger partial charge is 0.427 e. The molecular formula is C16H13IN2OS. The smallest absolute Gasteiger partial charge is 0.192 e. The van der Waals surface area contributed by atoms with Crippen LogP contribution in [-0.2, 0) is 6.42 Å². The van der Waals surface area contributed by atoms with E-state index in [1.54, 1.807) is 0 Å². The lowest BCUT2D eigenvalue weighted by molar-refractivity contribution is 0.719. The number of thiazole rings is 1. The highest BCUT2D eigenvalue weighted by atomic mass is 127. The van der Waals surface area contributed by atoms with E-state index in [0.29, 0.717) is 5.13 Å². The van der Waals surface area contributed by atoms with Gasteiger partial charge in [-0.1, -0.05) is 36.4 Å². The maximum atomic E-state index is 5.69. The first-order valence-corrected chi connectivity index (χ1v) is 8.19. The van der Waals surface area contributed by atoms with Gasteiger partial charge in [-0.05, 0) is 23.3 Å². The molecule has 0 saturated heterocycles. The van der Waals surface area contributed by atoms with Crippen molar-refractivity contribution in [1.82, 2.24) is 4.98 Å². The third-order valence-corrected chi connectivity index (χ3v) is 4.36. The van der Waals surface area contributed by atoms with E-state index in [1.165, 1.54) is 16.9 Å². The quantitative estimate of drug-likeness (QED) is 0.636. The minimum absolute atomic E-state index is 0.612. The van der Waals surface area contributed by atoms with Gasteiger partial charge in [0.05, 0.1) is 5.69 Å². The molecule has 2 N–H and O–H groups in total. The zero-order chi connectivity index (χ0) is 14.7. The minimum Gasteiger partial charge on any atom is -0.427 e. The summed E-state index contributed by atoms with van der Waals surface area (Å²) in [6, 6.07) is 16.4. The van der Waals surface area contributed by atoms with Gasteiger partial charge >= 0.3 is 0 Å². The molecule has 0 aliphatic heterocycles. The SMILES string of the molecule is Nc1nc(Cc2ccc(OI)c(-c3ccccc3)c2)cs1. The monoisotopic (exact) mass is 408 g/mol. The maximum absolute atomic E-state index is 5.69. The maximum Gasteiger partial charge on any atom is 0.192 e. The lowest BCUT2D eigenvalue weighted by Gasteiger charge is -2.09. The topological polar surface area (TPSA) is 48.1 Å². The molecule has 3 aromatic rings. The van der Waals surface area contributed by atoms with Gasteiger partial charge < -0.3 is 8.80 Å². The van der Waals surface area contributed by atoms with E-state index >= 15 is 0 Å². The average molecular weight is 408 g/mol. The molecule has 0 fully saturated rings. The fourth-order valence-electron chi connectivity index (χ4n) is 2.21. The molecule has 0 aliphatic carbocycles. The van der Waals surface area contributed by atoms with E-state index < -0.39 is 0 Å². The van der Waals surface area contributed by atoms with Crippen LogP contribution < -0.4 is 8.80 Å². The molecule has 0 saturated carbocycles. The van der Waals surface area contributed by atoms with Crippen LogP contribution in [0.1, 0.15) is 11.3 Å². The Balaban J connectivity index is 1.97. The minimum atomic E-state index is 0.612. The third kappa shape index (κ3) is 3.36. The molecule has 2 aromatic carbocycles. The van der Waals surface area contributed by atoms with Crippen LogP contribution in [0.5, 0.6) is 5.75 Å². The molecule has 1 heterocycles. The standard InChI is InChI=1S/C16H13IN2OS/c17-20-15-7-6-11(8-13-10-21-16(18)19-13)9-14(15)12-4-2-1-3-5-12/h1-7,9-10H,8H2,(H2,18,19). The van der Waals surface area contributed by atoms with Crippen molar-refractivity contribution in [3.8, 4) is 16.9 Å². The number of rotatable bonds is 4. The summed E-state index contributed by atoms with van der Waals surface area (Å²) in [6.07, 6.45) is 0.773. The van der Waals surface area contributed by atoms with Crippen molar-refractivity contribution in [3.63, 3.8) is 0 Å². The fraction of sp³-hybridized carbons (Fsp3) is 0.0625. The Morgan fingerprint density at radius 1 is 1.14 bits per heavy atom. The van der Waals surface area contributed by atoms with E-state index in [2.05, 4.69) is 29.2 Å². The van der Waals surface area contributed by atoms with Gasteiger partial charge in [-0.2, -0.15) is 0 Å². The molecule has 0 amide bonds. The van der Waals surface area contributed by atoms with Crippen molar-refractivity contribution in [2.24, 2.45) is 0 Å². The summed E-state index contributed by atoms with van der Waals surface area (Å²) in [7, 11) is 0. The van der Waals surface area contributed by atoms with Gasteiger partial charge in [-0.3, -0.25) is 0 Å². The number of nitrogens with zero attached hydrogens (tertiary/aromatic N) is 1. The number of benzene rings is 2. The Labute approximate surface area is 141 Å². The number of hydrogen-bond donors (Lipinski definition) is 1. The molecular weight excluding hydrogens is 395 g/mol. The number of anilines is 1. The highest BCUT2D eigenvalue weighted by molar-refractivity contribution is 14.1. The molecule has 0 unspecified atom stereocenters. The van der Waals surface area contributed by atoms with Gasteiger partial charge in [0.2, 0.25) is 0 Å². The van der Waals surface area contributed by atoms with Crippen LogP contribution >= 0.6 is 34.3 Å². The van der Waals surface area contributed by atoms with Crippen molar-refractivity contribution in [2.45, 2.75) is 6.42 Å². The molecule has 0 aliphatic rings. The summed E-state index contributed by atoms with van der Waals surface area (Å²) in [6.45, 7) is 0. The summed E-state index contributed by atoms with van der Waals surface area (Å²) < 4.78 is 5.45. The Hall–Kier alpha value is -1.60. The van der Waals surface area contributed by atoms with E-state index in [-0.39, 0.29) is 0 Å². The van der Waals surface area contributed by atoms with Crippen molar-refractivity contribution < 1.29 is 3.07 Å². The third-order valence-electron chi connectivity index (χ3n) is 3.17. The van der Waals surface area contributed by atoms with Crippen molar-refractivity contribution >= 4 is 39.5 Å². The second kappa shape index (κ2) is 6.44. The zero-order valence-corrected chi connectivity index (χ0v) is 14.1. The zero-order valence-electron chi connectivity index (χ0n) is 11.1. The molecule has 5 heteroatoms. The van der Waals surface area contributed by atoms with Crippen LogP contribution in [0, 0.1) is 0 Å². The molecule has 0 spiro atoms. The Morgan fingerprint density at radius 2 is 1.95 bits per heavy atom. The number of nitrogens with two attached hydrogens (primary N) is 1. The number of halogens is 1.